The summed E-state index contributed by atoms with van der Waals surface area (Å²) in [5, 5.41) is 1.33. The summed E-state index contributed by atoms with van der Waals surface area (Å²) in [5.41, 5.74) is 11.2. The third-order valence-corrected chi connectivity index (χ3v) is 4.49. The highest BCUT2D eigenvalue weighted by Crippen LogP contribution is 2.29. The Morgan fingerprint density at radius 3 is 2.46 bits per heavy atom. The van der Waals surface area contributed by atoms with Crippen molar-refractivity contribution in [2.24, 2.45) is 11.1 Å². The first-order valence-corrected chi connectivity index (χ1v) is 8.70. The van der Waals surface area contributed by atoms with Crippen LogP contribution in [0.3, 0.4) is 0 Å². The first-order chi connectivity index (χ1) is 11.5. The molecule has 3 rings (SSSR count). The molecular weight excluding hydrogens is 294 g/mol. The zero-order valence-corrected chi connectivity index (χ0v) is 14.9. The lowest BCUT2D eigenvalue weighted by Crippen LogP contribution is -2.09. The zero-order chi connectivity index (χ0) is 17.2. The summed E-state index contributed by atoms with van der Waals surface area (Å²) in [6.07, 6.45) is 8.06. The van der Waals surface area contributed by atoms with Gasteiger partial charge < -0.3 is 10.3 Å². The van der Waals surface area contributed by atoms with Crippen LogP contribution in [0.15, 0.2) is 48.9 Å². The number of hydrogen-bond donors (Lipinski definition) is 1. The van der Waals surface area contributed by atoms with Crippen molar-refractivity contribution in [3.05, 3.63) is 54.5 Å². The van der Waals surface area contributed by atoms with Crippen LogP contribution in [-0.2, 0) is 13.0 Å². The second kappa shape index (κ2) is 6.78. The summed E-state index contributed by atoms with van der Waals surface area (Å²) >= 11 is 0. The van der Waals surface area contributed by atoms with Crippen LogP contribution in [0, 0.1) is 5.41 Å². The van der Waals surface area contributed by atoms with Gasteiger partial charge in [0.2, 0.25) is 0 Å². The van der Waals surface area contributed by atoms with Crippen molar-refractivity contribution in [3.8, 4) is 11.1 Å². The van der Waals surface area contributed by atoms with E-state index in [4.69, 9.17) is 5.73 Å². The fourth-order valence-electron chi connectivity index (χ4n) is 3.09. The first kappa shape index (κ1) is 16.7. The van der Waals surface area contributed by atoms with E-state index in [2.05, 4.69) is 66.9 Å². The fourth-order valence-corrected chi connectivity index (χ4v) is 3.09. The molecule has 0 aliphatic carbocycles. The van der Waals surface area contributed by atoms with Gasteiger partial charge in [0.1, 0.15) is 0 Å². The number of nitrogens with two attached hydrogens (primary N) is 1. The second-order valence-electron chi connectivity index (χ2n) is 7.66. The monoisotopic (exact) mass is 321 g/mol. The van der Waals surface area contributed by atoms with E-state index in [0.717, 1.165) is 19.4 Å². The molecule has 0 amide bonds. The molecule has 1 aromatic carbocycles. The summed E-state index contributed by atoms with van der Waals surface area (Å²) < 4.78 is 2.40. The van der Waals surface area contributed by atoms with Gasteiger partial charge in [-0.25, -0.2) is 0 Å². The molecule has 3 nitrogen and oxygen atoms in total. The highest BCUT2D eigenvalue weighted by atomic mass is 15.0. The smallest absolute Gasteiger partial charge is 0.0489 e. The van der Waals surface area contributed by atoms with Crippen LogP contribution >= 0.6 is 0 Å². The van der Waals surface area contributed by atoms with Crippen LogP contribution in [0.5, 0.6) is 0 Å². The Morgan fingerprint density at radius 1 is 1.04 bits per heavy atom. The molecule has 0 saturated carbocycles. The molecule has 0 spiro atoms. The molecule has 3 aromatic rings. The molecule has 2 aromatic heterocycles. The number of aromatic nitrogens is 2. The predicted octanol–water partition coefficient (Wildman–Crippen LogP) is 4.64. The highest BCUT2D eigenvalue weighted by Gasteiger charge is 2.14. The quantitative estimate of drug-likeness (QED) is 0.744. The van der Waals surface area contributed by atoms with Gasteiger partial charge in [-0.05, 0) is 59.7 Å². The fraction of sp³-hybridized carbons (Fsp3) is 0.381. The SMILES string of the molecule is CC(C)(C)CCn1cc(CCN)c2ccc(-c3ccncc3)cc21. The molecule has 0 fully saturated rings. The topological polar surface area (TPSA) is 43.8 Å². The summed E-state index contributed by atoms with van der Waals surface area (Å²) in [7, 11) is 0. The molecule has 24 heavy (non-hydrogen) atoms. The number of hydrogen-bond acceptors (Lipinski definition) is 2. The van der Waals surface area contributed by atoms with Gasteiger partial charge in [-0.15, -0.1) is 0 Å². The minimum Gasteiger partial charge on any atom is -0.347 e. The first-order valence-electron chi connectivity index (χ1n) is 8.70. The molecule has 0 aliphatic heterocycles. The van der Waals surface area contributed by atoms with Gasteiger partial charge in [0.25, 0.3) is 0 Å². The van der Waals surface area contributed by atoms with Crippen molar-refractivity contribution < 1.29 is 0 Å². The average Bonchev–Trinajstić information content (AvgIpc) is 2.91. The van der Waals surface area contributed by atoms with E-state index >= 15 is 0 Å². The molecule has 0 bridgehead atoms. The lowest BCUT2D eigenvalue weighted by atomic mass is 9.92. The Morgan fingerprint density at radius 2 is 1.79 bits per heavy atom. The highest BCUT2D eigenvalue weighted by molar-refractivity contribution is 5.88. The van der Waals surface area contributed by atoms with Gasteiger partial charge in [0, 0.05) is 36.0 Å². The van der Waals surface area contributed by atoms with Crippen molar-refractivity contribution in [2.75, 3.05) is 6.54 Å². The maximum absolute atomic E-state index is 5.81. The van der Waals surface area contributed by atoms with Crippen LogP contribution in [0.4, 0.5) is 0 Å². The second-order valence-corrected chi connectivity index (χ2v) is 7.66. The normalized spacial score (nSPS) is 12.0. The third kappa shape index (κ3) is 3.68. The Balaban J connectivity index is 2.05. The summed E-state index contributed by atoms with van der Waals surface area (Å²) in [6.45, 7) is 8.60. The molecule has 2 N–H and O–H groups in total. The number of fused-ring (bicyclic) bond motifs is 1. The standard InChI is InChI=1S/C21H27N3/c1-21(2,3)9-13-24-15-18(6-10-22)19-5-4-17(14-20(19)24)16-7-11-23-12-8-16/h4-5,7-8,11-12,14-15H,6,9-10,13,22H2,1-3H3. The third-order valence-electron chi connectivity index (χ3n) is 4.49. The van der Waals surface area contributed by atoms with Crippen LogP contribution < -0.4 is 5.73 Å². The number of aryl methyl sites for hydroxylation is 1. The van der Waals surface area contributed by atoms with E-state index in [1.165, 1.54) is 27.6 Å². The minimum absolute atomic E-state index is 0.327. The number of benzene rings is 1. The van der Waals surface area contributed by atoms with Crippen molar-refractivity contribution in [1.82, 2.24) is 9.55 Å². The van der Waals surface area contributed by atoms with E-state index < -0.39 is 0 Å². The van der Waals surface area contributed by atoms with Crippen molar-refractivity contribution in [3.63, 3.8) is 0 Å². The average molecular weight is 321 g/mol. The predicted molar refractivity (Wildman–Crippen MR) is 102 cm³/mol. The van der Waals surface area contributed by atoms with Gasteiger partial charge in [0.05, 0.1) is 0 Å². The largest absolute Gasteiger partial charge is 0.347 e. The Bertz CT molecular complexity index is 810. The number of rotatable bonds is 5. The Labute approximate surface area is 144 Å². The summed E-state index contributed by atoms with van der Waals surface area (Å²) in [4.78, 5) is 4.12. The molecule has 0 aliphatic rings. The molecule has 0 unspecified atom stereocenters. The maximum Gasteiger partial charge on any atom is 0.0489 e. The molecule has 0 saturated heterocycles. The maximum atomic E-state index is 5.81. The molecule has 3 heteroatoms. The molecule has 0 radical (unpaired) electrons. The Kier molecular flexibility index (Phi) is 4.72. The van der Waals surface area contributed by atoms with Gasteiger partial charge in [0.15, 0.2) is 0 Å². The molecular formula is C21H27N3. The lowest BCUT2D eigenvalue weighted by molar-refractivity contribution is 0.353. The van der Waals surface area contributed by atoms with Gasteiger partial charge >= 0.3 is 0 Å². The molecule has 2 heterocycles. The molecule has 126 valence electrons. The zero-order valence-electron chi connectivity index (χ0n) is 14.9. The summed E-state index contributed by atoms with van der Waals surface area (Å²) in [6, 6.07) is 10.9. The van der Waals surface area contributed by atoms with Crippen LogP contribution in [-0.4, -0.2) is 16.1 Å². The van der Waals surface area contributed by atoms with Gasteiger partial charge in [-0.3, -0.25) is 4.98 Å². The molecule has 0 atom stereocenters. The minimum atomic E-state index is 0.327. The van der Waals surface area contributed by atoms with E-state index in [1.807, 2.05) is 12.4 Å². The van der Waals surface area contributed by atoms with Crippen molar-refractivity contribution >= 4 is 10.9 Å². The van der Waals surface area contributed by atoms with E-state index in [-0.39, 0.29) is 0 Å². The van der Waals surface area contributed by atoms with E-state index in [9.17, 15) is 0 Å². The van der Waals surface area contributed by atoms with Crippen LogP contribution in [0.25, 0.3) is 22.0 Å². The van der Waals surface area contributed by atoms with Crippen LogP contribution in [0.2, 0.25) is 0 Å². The number of pyridine rings is 1. The van der Waals surface area contributed by atoms with E-state index in [1.54, 1.807) is 0 Å². The van der Waals surface area contributed by atoms with Crippen molar-refractivity contribution in [2.45, 2.75) is 40.2 Å². The lowest BCUT2D eigenvalue weighted by Gasteiger charge is -2.18. The van der Waals surface area contributed by atoms with Gasteiger partial charge in [-0.2, -0.15) is 0 Å². The summed E-state index contributed by atoms with van der Waals surface area (Å²) in [5.74, 6) is 0. The van der Waals surface area contributed by atoms with Gasteiger partial charge in [-0.1, -0.05) is 32.9 Å². The number of nitrogens with zero attached hydrogens (tertiary/aromatic N) is 2. The van der Waals surface area contributed by atoms with E-state index in [0.29, 0.717) is 12.0 Å². The Hall–Kier alpha value is -2.13. The van der Waals surface area contributed by atoms with Crippen molar-refractivity contribution in [1.29, 1.82) is 0 Å². The van der Waals surface area contributed by atoms with Crippen LogP contribution in [0.1, 0.15) is 32.8 Å².